The Bertz CT molecular complexity index is 816. The van der Waals surface area contributed by atoms with Crippen LogP contribution in [0.4, 0.5) is 15.3 Å². The van der Waals surface area contributed by atoms with Crippen molar-refractivity contribution in [1.29, 1.82) is 0 Å². The van der Waals surface area contributed by atoms with Crippen molar-refractivity contribution in [2.45, 2.75) is 64.9 Å². The van der Waals surface area contributed by atoms with Crippen molar-refractivity contribution < 1.29 is 23.6 Å². The van der Waals surface area contributed by atoms with Crippen LogP contribution in [0.2, 0.25) is 0 Å². The summed E-state index contributed by atoms with van der Waals surface area (Å²) in [6, 6.07) is 7.00. The third-order valence-corrected chi connectivity index (χ3v) is 5.44. The summed E-state index contributed by atoms with van der Waals surface area (Å²) in [6.45, 7) is 13.7. The van der Waals surface area contributed by atoms with Crippen molar-refractivity contribution in [3.05, 3.63) is 29.8 Å². The third-order valence-electron chi connectivity index (χ3n) is 3.66. The van der Waals surface area contributed by atoms with Gasteiger partial charge >= 0.3 is 12.2 Å². The summed E-state index contributed by atoms with van der Waals surface area (Å²) in [5.74, 6) is -0.570. The van der Waals surface area contributed by atoms with E-state index in [1.165, 1.54) is 0 Å². The van der Waals surface area contributed by atoms with Crippen molar-refractivity contribution >= 4 is 31.0 Å². The number of hydrogen-bond donors (Lipinski definition) is 3. The lowest BCUT2D eigenvalue weighted by molar-refractivity contribution is 0.0545. The van der Waals surface area contributed by atoms with Crippen LogP contribution in [0, 0.1) is 0 Å². The monoisotopic (exact) mass is 454 g/mol. The number of nitrogens with two attached hydrogens (primary N) is 1. The fraction of sp³-hybridized carbons (Fsp3) is 0.571. The van der Waals surface area contributed by atoms with Crippen LogP contribution in [0.15, 0.2) is 29.3 Å². The molecule has 1 atom stereocenters. The molecular weight excluding hydrogens is 419 g/mol. The molecule has 0 fully saturated rings. The molecule has 10 heteroatoms. The van der Waals surface area contributed by atoms with Gasteiger partial charge in [0.1, 0.15) is 11.2 Å². The largest absolute Gasteiger partial charge is 0.444 e. The van der Waals surface area contributed by atoms with Crippen molar-refractivity contribution in [2.75, 3.05) is 13.3 Å². The van der Waals surface area contributed by atoms with E-state index in [1.54, 1.807) is 79.1 Å². The molecule has 0 spiro atoms. The molecule has 0 aliphatic carbocycles. The second-order valence-corrected chi connectivity index (χ2v) is 13.1. The van der Waals surface area contributed by atoms with Crippen molar-refractivity contribution in [3.63, 3.8) is 0 Å². The number of alkyl carbamates (subject to hydrolysis) is 2. The first-order valence-electron chi connectivity index (χ1n) is 9.92. The third kappa shape index (κ3) is 11.5. The molecule has 4 N–H and O–H groups in total. The van der Waals surface area contributed by atoms with Gasteiger partial charge in [-0.2, -0.15) is 0 Å². The Morgan fingerprint density at radius 2 is 1.39 bits per heavy atom. The summed E-state index contributed by atoms with van der Waals surface area (Å²) in [5, 5.41) is 4.85. The second kappa shape index (κ2) is 10.3. The zero-order valence-corrected chi connectivity index (χ0v) is 20.5. The van der Waals surface area contributed by atoms with Crippen LogP contribution in [0.1, 0.15) is 47.1 Å². The molecule has 0 radical (unpaired) electrons. The number of ether oxygens (including phenoxy) is 2. The predicted molar refractivity (Wildman–Crippen MR) is 123 cm³/mol. The number of nitrogens with zero attached hydrogens (tertiary/aromatic N) is 1. The Morgan fingerprint density at radius 1 is 0.968 bits per heavy atom. The van der Waals surface area contributed by atoms with Gasteiger partial charge in [-0.3, -0.25) is 10.6 Å². The molecule has 2 amide bonds. The molecular formula is C21H35N4O5P. The zero-order valence-electron chi connectivity index (χ0n) is 19.6. The van der Waals surface area contributed by atoms with E-state index in [1.807, 2.05) is 0 Å². The van der Waals surface area contributed by atoms with E-state index >= 15 is 0 Å². The molecule has 1 aromatic rings. The topological polar surface area (TPSA) is 132 Å². The minimum absolute atomic E-state index is 0.139. The number of amides is 2. The smallest absolute Gasteiger partial charge is 0.414 e. The fourth-order valence-corrected chi connectivity index (χ4v) is 2.84. The Morgan fingerprint density at radius 3 is 1.74 bits per heavy atom. The normalized spacial score (nSPS) is 13.1. The molecule has 174 valence electrons. The average molecular weight is 455 g/mol. The second-order valence-electron chi connectivity index (χ2n) is 9.59. The molecule has 0 bridgehead atoms. The quantitative estimate of drug-likeness (QED) is 0.355. The van der Waals surface area contributed by atoms with Gasteiger partial charge in [-0.15, -0.1) is 0 Å². The number of guanidine groups is 1. The minimum Gasteiger partial charge on any atom is -0.444 e. The molecule has 9 nitrogen and oxygen atoms in total. The first kappa shape index (κ1) is 26.7. The van der Waals surface area contributed by atoms with Gasteiger partial charge in [0, 0.05) is 0 Å². The van der Waals surface area contributed by atoms with Gasteiger partial charge < -0.3 is 19.8 Å². The average Bonchev–Trinajstić information content (AvgIpc) is 2.51. The van der Waals surface area contributed by atoms with E-state index in [0.29, 0.717) is 12.1 Å². The Hall–Kier alpha value is -2.38. The lowest BCUT2D eigenvalue weighted by Crippen LogP contribution is -2.47. The number of nitrogens with one attached hydrogen (secondary N) is 2. The highest BCUT2D eigenvalue weighted by molar-refractivity contribution is 7.63. The molecule has 0 aliphatic heterocycles. The molecule has 0 saturated carbocycles. The van der Waals surface area contributed by atoms with Crippen LogP contribution in [0.25, 0.3) is 0 Å². The standard InChI is InChI=1S/C21H35N4O5P/c1-20(2,3)29-18(26)24-17(25-19(27)30-21(4,5)6)23-15-11-9-14(10-12-15)13-16(22)31(7,8)28/h9-12,16H,13,22H2,1-8H3,(H2,23,24,25,26,27). The van der Waals surface area contributed by atoms with Gasteiger partial charge in [0.25, 0.3) is 0 Å². The summed E-state index contributed by atoms with van der Waals surface area (Å²) in [5.41, 5.74) is 5.92. The van der Waals surface area contributed by atoms with Gasteiger partial charge in [0.2, 0.25) is 5.96 Å². The number of benzene rings is 1. The predicted octanol–water partition coefficient (Wildman–Crippen LogP) is 4.17. The molecule has 1 aromatic carbocycles. The van der Waals surface area contributed by atoms with E-state index in [-0.39, 0.29) is 5.96 Å². The number of carbonyl (C=O) groups is 2. The number of aliphatic imine (C=N–C) groups is 1. The van der Waals surface area contributed by atoms with Gasteiger partial charge in [0.15, 0.2) is 0 Å². The highest BCUT2D eigenvalue weighted by atomic mass is 31.2. The maximum atomic E-state index is 12.1. The maximum Gasteiger partial charge on any atom is 0.414 e. The van der Waals surface area contributed by atoms with Crippen LogP contribution in [0.5, 0.6) is 0 Å². The van der Waals surface area contributed by atoms with E-state index < -0.39 is 36.3 Å². The van der Waals surface area contributed by atoms with Gasteiger partial charge in [0.05, 0.1) is 18.6 Å². The van der Waals surface area contributed by atoms with Gasteiger partial charge in [-0.05, 0) is 79.0 Å². The molecule has 31 heavy (non-hydrogen) atoms. The maximum absolute atomic E-state index is 12.1. The first-order chi connectivity index (χ1) is 13.9. The summed E-state index contributed by atoms with van der Waals surface area (Å²) in [6.07, 6.45) is -1.08. The van der Waals surface area contributed by atoms with E-state index in [2.05, 4.69) is 15.6 Å². The van der Waals surface area contributed by atoms with E-state index in [4.69, 9.17) is 15.2 Å². The first-order valence-corrected chi connectivity index (χ1v) is 12.6. The Labute approximate surface area is 184 Å². The lowest BCUT2D eigenvalue weighted by Gasteiger charge is -2.22. The van der Waals surface area contributed by atoms with E-state index in [0.717, 1.165) is 5.56 Å². The Balaban J connectivity index is 3.03. The zero-order chi connectivity index (χ0) is 24.0. The molecule has 0 heterocycles. The Kier molecular flexibility index (Phi) is 8.84. The van der Waals surface area contributed by atoms with Gasteiger partial charge in [-0.1, -0.05) is 12.1 Å². The molecule has 0 aromatic heterocycles. The van der Waals surface area contributed by atoms with E-state index in [9.17, 15) is 14.2 Å². The highest BCUT2D eigenvalue weighted by Crippen LogP contribution is 2.40. The van der Waals surface area contributed by atoms with Crippen LogP contribution in [-0.4, -0.2) is 48.5 Å². The summed E-state index contributed by atoms with van der Waals surface area (Å²) in [7, 11) is -2.40. The minimum atomic E-state index is -2.40. The molecule has 1 rings (SSSR count). The number of carbonyl (C=O) groups excluding carboxylic acids is 2. The lowest BCUT2D eigenvalue weighted by atomic mass is 10.1. The van der Waals surface area contributed by atoms with Crippen LogP contribution in [0.3, 0.4) is 0 Å². The SMILES string of the molecule is CC(C)(C)OC(=O)NC(=Nc1ccc(CC(N)P(C)(C)=O)cc1)NC(=O)OC(C)(C)C. The summed E-state index contributed by atoms with van der Waals surface area (Å²) < 4.78 is 22.5. The molecule has 1 unspecified atom stereocenters. The molecule has 0 aliphatic rings. The fourth-order valence-electron chi connectivity index (χ4n) is 2.18. The van der Waals surface area contributed by atoms with Crippen molar-refractivity contribution in [3.8, 4) is 0 Å². The van der Waals surface area contributed by atoms with Crippen molar-refractivity contribution in [2.24, 2.45) is 10.7 Å². The number of rotatable bonds is 4. The number of hydrogen-bond acceptors (Lipinski definition) is 7. The highest BCUT2D eigenvalue weighted by Gasteiger charge is 2.22. The molecule has 0 saturated heterocycles. The van der Waals surface area contributed by atoms with Gasteiger partial charge in [-0.25, -0.2) is 14.6 Å². The summed E-state index contributed by atoms with van der Waals surface area (Å²) in [4.78, 5) is 28.6. The van der Waals surface area contributed by atoms with Crippen LogP contribution in [-0.2, 0) is 20.5 Å². The summed E-state index contributed by atoms with van der Waals surface area (Å²) >= 11 is 0. The van der Waals surface area contributed by atoms with Crippen molar-refractivity contribution in [1.82, 2.24) is 10.6 Å². The van der Waals surface area contributed by atoms with Crippen LogP contribution >= 0.6 is 7.14 Å². The van der Waals surface area contributed by atoms with Crippen LogP contribution < -0.4 is 16.4 Å².